The van der Waals surface area contributed by atoms with Crippen LogP contribution in [-0.4, -0.2) is 166 Å². The number of ether oxygens (including phenoxy) is 4. The summed E-state index contributed by atoms with van der Waals surface area (Å²) in [5.74, 6) is 4.72. The van der Waals surface area contributed by atoms with Crippen LogP contribution in [0.4, 0.5) is 17.1 Å². The highest BCUT2D eigenvalue weighted by molar-refractivity contribution is 7.90. The molecule has 2 aromatic heterocycles. The zero-order valence-corrected chi connectivity index (χ0v) is 52.7. The minimum atomic E-state index is -4.63. The number of sulfonamides is 1. The third-order valence-corrected chi connectivity index (χ3v) is 19.2. The van der Waals surface area contributed by atoms with Crippen molar-refractivity contribution in [2.24, 2.45) is 11.3 Å². The molecule has 11 rings (SSSR count). The third-order valence-electron chi connectivity index (χ3n) is 17.6. The fraction of sp³-hybridized carbons (Fsp3) is 0.418. The molecular weight excluding hydrogens is 1200 g/mol. The number of carbonyl (C=O) groups excluding carboxylic acids is 4. The van der Waals surface area contributed by atoms with Crippen molar-refractivity contribution < 1.29 is 51.5 Å². The van der Waals surface area contributed by atoms with Crippen LogP contribution in [0, 0.1) is 33.3 Å². The number of aromatic nitrogens is 2. The summed E-state index contributed by atoms with van der Waals surface area (Å²) in [4.78, 5) is 78.7. The number of imide groups is 1. The first-order chi connectivity index (χ1) is 43.9. The topological polar surface area (TPSA) is 260 Å². The lowest BCUT2D eigenvalue weighted by Gasteiger charge is -2.39. The van der Waals surface area contributed by atoms with Crippen molar-refractivity contribution in [2.45, 2.75) is 76.3 Å². The van der Waals surface area contributed by atoms with Gasteiger partial charge in [0, 0.05) is 104 Å². The standard InChI is InChI=1S/C67H75ClN10O12S/c1-67(2)22-18-49(56(40-67)47-8-10-50(68)11-9-47)43-75-26-28-76(29-27-75)51-12-14-55(61(38-51)90-52-37-48-19-23-69-63(48)71-42-52)64(80)73-91(85,86)53-13-15-58(60(39-53)78(83)84)70-41-45-20-24-74(25-21-45)30-32-88-34-36-89-35-33-87-31-4-6-46-5-3-7-54-57(46)44-77(66(54)82)59-16-17-62(79)72-65(59)81/h3,5,7-15,19,23,37-39,42,45,59,70H,16-18,20-22,24-36,40-41,43-44H2,1-2H3,(H,69,71)(H,73,80)(H,72,79,81). The number of fused-ring (bicyclic) bond motifs is 2. The molecule has 0 bridgehead atoms. The number of nitro groups is 1. The molecule has 24 heteroatoms. The Morgan fingerprint density at radius 3 is 2.41 bits per heavy atom. The lowest BCUT2D eigenvalue weighted by atomic mass is 9.72. The fourth-order valence-electron chi connectivity index (χ4n) is 12.5. The maximum absolute atomic E-state index is 14.2. The number of hydrogen-bond acceptors (Lipinski definition) is 17. The van der Waals surface area contributed by atoms with Crippen LogP contribution < -0.4 is 25.0 Å². The van der Waals surface area contributed by atoms with Crippen LogP contribution in [0.15, 0.2) is 114 Å². The molecule has 0 radical (unpaired) electrons. The van der Waals surface area contributed by atoms with Crippen LogP contribution in [0.1, 0.15) is 96.2 Å². The number of carbonyl (C=O) groups is 4. The van der Waals surface area contributed by atoms with Crippen molar-refractivity contribution in [2.75, 3.05) is 109 Å². The number of piperidine rings is 2. The Hall–Kier alpha value is -8.21. The number of aromatic amines is 1. The summed E-state index contributed by atoms with van der Waals surface area (Å²) in [5, 5.41) is 19.5. The van der Waals surface area contributed by atoms with Gasteiger partial charge in [0.1, 0.15) is 35.5 Å². The lowest BCUT2D eigenvalue weighted by molar-refractivity contribution is -0.384. The maximum Gasteiger partial charge on any atom is 0.293 e. The van der Waals surface area contributed by atoms with Gasteiger partial charge in [-0.1, -0.05) is 61.1 Å². The largest absolute Gasteiger partial charge is 0.455 e. The summed E-state index contributed by atoms with van der Waals surface area (Å²) in [6, 6.07) is 25.0. The van der Waals surface area contributed by atoms with Gasteiger partial charge in [-0.3, -0.25) is 39.5 Å². The van der Waals surface area contributed by atoms with Gasteiger partial charge >= 0.3 is 0 Å². The van der Waals surface area contributed by atoms with Gasteiger partial charge in [-0.2, -0.15) is 0 Å². The number of likely N-dealkylation sites (tertiary alicyclic amines) is 1. The molecule has 5 aliphatic rings. The lowest BCUT2D eigenvalue weighted by Crippen LogP contribution is -2.52. The number of nitro benzene ring substituents is 1. The molecule has 3 saturated heterocycles. The minimum Gasteiger partial charge on any atom is -0.455 e. The Kier molecular flexibility index (Phi) is 20.5. The highest BCUT2D eigenvalue weighted by atomic mass is 35.5. The third kappa shape index (κ3) is 16.1. The summed E-state index contributed by atoms with van der Waals surface area (Å²) >= 11 is 6.27. The summed E-state index contributed by atoms with van der Waals surface area (Å²) < 4.78 is 53.6. The number of hydrogen-bond donors (Lipinski definition) is 4. The summed E-state index contributed by atoms with van der Waals surface area (Å²) in [6.07, 6.45) is 8.58. The number of nitrogens with one attached hydrogen (secondary N) is 4. The number of piperazine rings is 1. The van der Waals surface area contributed by atoms with Gasteiger partial charge < -0.3 is 43.9 Å². The molecule has 6 heterocycles. The molecule has 0 spiro atoms. The van der Waals surface area contributed by atoms with Gasteiger partial charge in [-0.05, 0) is 140 Å². The van der Waals surface area contributed by atoms with Crippen LogP contribution in [0.5, 0.6) is 11.5 Å². The van der Waals surface area contributed by atoms with Crippen molar-refractivity contribution in [3.63, 3.8) is 0 Å². The first-order valence-corrected chi connectivity index (χ1v) is 32.8. The average molecular weight is 1280 g/mol. The number of halogens is 1. The van der Waals surface area contributed by atoms with Gasteiger partial charge in [0.2, 0.25) is 11.8 Å². The summed E-state index contributed by atoms with van der Waals surface area (Å²) in [5.41, 5.74) is 7.33. The van der Waals surface area contributed by atoms with Crippen molar-refractivity contribution in [1.29, 1.82) is 0 Å². The molecule has 6 aromatic rings. The van der Waals surface area contributed by atoms with Gasteiger partial charge in [0.15, 0.2) is 0 Å². The highest BCUT2D eigenvalue weighted by Crippen LogP contribution is 2.44. The van der Waals surface area contributed by atoms with E-state index in [2.05, 4.69) is 77.8 Å². The Morgan fingerprint density at radius 2 is 1.64 bits per heavy atom. The van der Waals surface area contributed by atoms with E-state index in [-0.39, 0.29) is 59.7 Å². The predicted molar refractivity (Wildman–Crippen MR) is 344 cm³/mol. The second kappa shape index (κ2) is 29.0. The average Bonchev–Trinajstić information content (AvgIpc) is 1.79. The van der Waals surface area contributed by atoms with E-state index in [0.717, 1.165) is 99.1 Å². The monoisotopic (exact) mass is 1280 g/mol. The number of pyridine rings is 1. The molecule has 91 heavy (non-hydrogen) atoms. The molecule has 0 saturated carbocycles. The molecule has 4 aliphatic heterocycles. The van der Waals surface area contributed by atoms with Crippen LogP contribution >= 0.6 is 11.6 Å². The molecule has 1 atom stereocenters. The number of rotatable bonds is 24. The zero-order chi connectivity index (χ0) is 63.7. The Bertz CT molecular complexity index is 3910. The maximum atomic E-state index is 14.2. The SMILES string of the molecule is CC1(C)CCC(CN2CCN(c3ccc(C(=O)NS(=O)(=O)c4ccc(NCC5CCN(CCOCCOCCOCC#Cc6cccc7c6CN(C6CCC(=O)NC6=O)C7=O)CC5)c([N+](=O)[O-])c4)c(Oc4cnc5[nH]ccc5c4)c3)CC2)=C(c2ccc(Cl)cc2)C1. The number of H-pyrrole nitrogens is 1. The van der Waals surface area contributed by atoms with Crippen molar-refractivity contribution >= 4 is 78.9 Å². The quantitative estimate of drug-likeness (QED) is 0.0145. The van der Waals surface area contributed by atoms with Gasteiger partial charge in [-0.15, -0.1) is 0 Å². The van der Waals surface area contributed by atoms with E-state index in [1.54, 1.807) is 36.5 Å². The van der Waals surface area contributed by atoms with E-state index in [9.17, 15) is 37.7 Å². The van der Waals surface area contributed by atoms with Crippen molar-refractivity contribution in [1.82, 2.24) is 34.7 Å². The van der Waals surface area contributed by atoms with Crippen LogP contribution in [-0.2, 0) is 40.4 Å². The van der Waals surface area contributed by atoms with E-state index < -0.39 is 43.4 Å². The van der Waals surface area contributed by atoms with E-state index in [1.165, 1.54) is 46.0 Å². The summed E-state index contributed by atoms with van der Waals surface area (Å²) in [7, 11) is -4.63. The van der Waals surface area contributed by atoms with Gasteiger partial charge in [0.25, 0.3) is 27.5 Å². The van der Waals surface area contributed by atoms with Crippen LogP contribution in [0.3, 0.4) is 0 Å². The minimum absolute atomic E-state index is 0.0581. The summed E-state index contributed by atoms with van der Waals surface area (Å²) in [6.45, 7) is 13.8. The first kappa shape index (κ1) is 64.3. The Morgan fingerprint density at radius 1 is 0.868 bits per heavy atom. The molecule has 22 nitrogen and oxygen atoms in total. The number of amides is 4. The van der Waals surface area contributed by atoms with E-state index in [4.69, 9.17) is 30.5 Å². The molecule has 4 N–H and O–H groups in total. The van der Waals surface area contributed by atoms with Crippen LogP contribution in [0.25, 0.3) is 16.6 Å². The van der Waals surface area contributed by atoms with E-state index in [0.29, 0.717) is 81.6 Å². The first-order valence-electron chi connectivity index (χ1n) is 30.9. The van der Waals surface area contributed by atoms with E-state index in [1.807, 2.05) is 24.3 Å². The molecule has 3 fully saturated rings. The van der Waals surface area contributed by atoms with Crippen molar-refractivity contribution in [3.8, 4) is 23.3 Å². The number of benzene rings is 4. The molecule has 1 aliphatic carbocycles. The molecule has 4 aromatic carbocycles. The Labute approximate surface area is 534 Å². The number of allylic oxidation sites excluding steroid dienone is 1. The Balaban J connectivity index is 0.616. The van der Waals surface area contributed by atoms with Crippen molar-refractivity contribution in [3.05, 3.63) is 152 Å². The normalized spacial score (nSPS) is 18.2. The molecule has 478 valence electrons. The highest BCUT2D eigenvalue weighted by Gasteiger charge is 2.40. The molecule has 1 unspecified atom stereocenters. The number of nitrogens with zero attached hydrogens (tertiary/aromatic N) is 6. The van der Waals surface area contributed by atoms with Gasteiger partial charge in [-0.25, -0.2) is 18.1 Å². The fourth-order valence-corrected chi connectivity index (χ4v) is 13.6. The second-order valence-corrected chi connectivity index (χ2v) is 26.5. The van der Waals surface area contributed by atoms with Gasteiger partial charge in [0.05, 0.1) is 54.6 Å². The molecular formula is C67H75ClN10O12S. The molecule has 4 amide bonds. The smallest absolute Gasteiger partial charge is 0.293 e. The number of anilines is 2. The predicted octanol–water partition coefficient (Wildman–Crippen LogP) is 8.81. The van der Waals surface area contributed by atoms with Crippen LogP contribution in [0.2, 0.25) is 5.02 Å². The second-order valence-electron chi connectivity index (χ2n) is 24.4. The zero-order valence-electron chi connectivity index (χ0n) is 51.1. The van der Waals surface area contributed by atoms with E-state index >= 15 is 0 Å².